The van der Waals surface area contributed by atoms with E-state index in [1.807, 2.05) is 0 Å². The molecule has 2 aliphatic carbocycles. The van der Waals surface area contributed by atoms with Crippen molar-refractivity contribution in [3.63, 3.8) is 0 Å². The zero-order valence-electron chi connectivity index (χ0n) is 8.71. The summed E-state index contributed by atoms with van der Waals surface area (Å²) in [6.07, 6.45) is 9.28. The Morgan fingerprint density at radius 3 is 2.57 bits per heavy atom. The van der Waals surface area contributed by atoms with Crippen LogP contribution in [0.3, 0.4) is 0 Å². The topological polar surface area (TPSA) is 40.1 Å². The Kier molecular flexibility index (Phi) is 3.09. The summed E-state index contributed by atoms with van der Waals surface area (Å²) in [6, 6.07) is 0. The number of carboxylic acid groups (broad SMARTS) is 1. The molecule has 2 heteroatoms. The summed E-state index contributed by atoms with van der Waals surface area (Å²) in [7, 11) is 0. The summed E-state index contributed by atoms with van der Waals surface area (Å²) in [5.74, 6) is 1.12. The van der Waals surface area contributed by atoms with Crippen LogP contribution in [0.15, 0.2) is 0 Å². The van der Waals surface area contributed by atoms with E-state index in [1.165, 1.54) is 38.5 Å². The van der Waals surface area contributed by atoms with Gasteiger partial charge < -0.3 is 9.90 Å². The fourth-order valence-corrected chi connectivity index (χ4v) is 3.54. The molecule has 3 unspecified atom stereocenters. The van der Waals surface area contributed by atoms with Crippen LogP contribution in [0.1, 0.15) is 51.4 Å². The first-order chi connectivity index (χ1) is 6.77. The standard InChI is InChI=1S/C12H20O2/c13-12(14)8-10-6-3-5-9-4-1-2-7-11(9)10/h9-11H,1-8H2,(H,13,14)/p-1. The molecule has 0 N–H and O–H groups in total. The van der Waals surface area contributed by atoms with Crippen LogP contribution in [0.2, 0.25) is 0 Å². The third kappa shape index (κ3) is 2.10. The van der Waals surface area contributed by atoms with Gasteiger partial charge in [0.1, 0.15) is 0 Å². The van der Waals surface area contributed by atoms with Crippen LogP contribution in [0, 0.1) is 17.8 Å². The van der Waals surface area contributed by atoms with Crippen LogP contribution < -0.4 is 5.11 Å². The lowest BCUT2D eigenvalue weighted by Gasteiger charge is -2.41. The monoisotopic (exact) mass is 195 g/mol. The summed E-state index contributed by atoms with van der Waals surface area (Å²) in [5.41, 5.74) is 0. The van der Waals surface area contributed by atoms with Crippen LogP contribution in [0.25, 0.3) is 0 Å². The number of carbonyl (C=O) groups is 1. The van der Waals surface area contributed by atoms with Gasteiger partial charge >= 0.3 is 0 Å². The molecule has 0 amide bonds. The second kappa shape index (κ2) is 4.33. The van der Waals surface area contributed by atoms with Gasteiger partial charge in [-0.3, -0.25) is 0 Å². The van der Waals surface area contributed by atoms with Gasteiger partial charge in [0, 0.05) is 5.97 Å². The van der Waals surface area contributed by atoms with Crippen molar-refractivity contribution in [2.24, 2.45) is 17.8 Å². The molecule has 14 heavy (non-hydrogen) atoms. The molecule has 80 valence electrons. The molecule has 3 atom stereocenters. The van der Waals surface area contributed by atoms with E-state index in [0.29, 0.717) is 18.3 Å². The Labute approximate surface area is 85.7 Å². The van der Waals surface area contributed by atoms with E-state index in [1.54, 1.807) is 0 Å². The lowest BCUT2D eigenvalue weighted by Crippen LogP contribution is -2.35. The third-order valence-electron chi connectivity index (χ3n) is 4.15. The molecule has 0 spiro atoms. The highest BCUT2D eigenvalue weighted by molar-refractivity contribution is 5.64. The summed E-state index contributed by atoms with van der Waals surface area (Å²) in [5, 5.41) is 10.6. The van der Waals surface area contributed by atoms with Crippen molar-refractivity contribution >= 4 is 5.97 Å². The van der Waals surface area contributed by atoms with Crippen LogP contribution in [-0.4, -0.2) is 5.97 Å². The van der Waals surface area contributed by atoms with Gasteiger partial charge in [-0.1, -0.05) is 32.1 Å². The van der Waals surface area contributed by atoms with Gasteiger partial charge in [0.15, 0.2) is 0 Å². The average molecular weight is 195 g/mol. The van der Waals surface area contributed by atoms with E-state index in [0.717, 1.165) is 12.3 Å². The lowest BCUT2D eigenvalue weighted by atomic mass is 9.65. The Balaban J connectivity index is 1.97. The van der Waals surface area contributed by atoms with Crippen molar-refractivity contribution < 1.29 is 9.90 Å². The van der Waals surface area contributed by atoms with Gasteiger partial charge in [0.05, 0.1) is 0 Å². The second-order valence-corrected chi connectivity index (χ2v) is 4.98. The van der Waals surface area contributed by atoms with E-state index in [9.17, 15) is 9.90 Å². The van der Waals surface area contributed by atoms with Crippen LogP contribution >= 0.6 is 0 Å². The smallest absolute Gasteiger partial charge is 0.0417 e. The number of carboxylic acids is 1. The van der Waals surface area contributed by atoms with E-state index in [-0.39, 0.29) is 0 Å². The maximum atomic E-state index is 10.6. The van der Waals surface area contributed by atoms with Crippen molar-refractivity contribution in [3.05, 3.63) is 0 Å². The number of hydrogen-bond acceptors (Lipinski definition) is 2. The molecule has 0 aromatic carbocycles. The van der Waals surface area contributed by atoms with Gasteiger partial charge in [0.25, 0.3) is 0 Å². The molecule has 0 saturated heterocycles. The molecule has 2 saturated carbocycles. The number of aliphatic carboxylic acids is 1. The number of fused-ring (bicyclic) bond motifs is 1. The molecule has 0 aliphatic heterocycles. The van der Waals surface area contributed by atoms with Crippen LogP contribution in [-0.2, 0) is 4.79 Å². The van der Waals surface area contributed by atoms with Gasteiger partial charge in [-0.25, -0.2) is 0 Å². The molecule has 0 aromatic rings. The first-order valence-corrected chi connectivity index (χ1v) is 5.97. The molecule has 2 aliphatic rings. The molecular formula is C12H19O2-. The first kappa shape index (κ1) is 10.0. The molecule has 0 radical (unpaired) electrons. The summed E-state index contributed by atoms with van der Waals surface area (Å²) < 4.78 is 0. The zero-order valence-corrected chi connectivity index (χ0v) is 8.71. The fourth-order valence-electron chi connectivity index (χ4n) is 3.54. The largest absolute Gasteiger partial charge is 0.550 e. The SMILES string of the molecule is O=C([O-])CC1CCCC2CCCCC21. The zero-order chi connectivity index (χ0) is 9.97. The van der Waals surface area contributed by atoms with Gasteiger partial charge in [-0.2, -0.15) is 0 Å². The van der Waals surface area contributed by atoms with Gasteiger partial charge in [-0.05, 0) is 37.0 Å². The first-order valence-electron chi connectivity index (χ1n) is 5.97. The molecule has 2 rings (SSSR count). The predicted octanol–water partition coefficient (Wildman–Crippen LogP) is 1.73. The third-order valence-corrected chi connectivity index (χ3v) is 4.15. The normalized spacial score (nSPS) is 37.6. The van der Waals surface area contributed by atoms with E-state index < -0.39 is 5.97 Å². The maximum Gasteiger partial charge on any atom is 0.0417 e. The lowest BCUT2D eigenvalue weighted by molar-refractivity contribution is -0.307. The number of hydrogen-bond donors (Lipinski definition) is 0. The molecule has 0 bridgehead atoms. The number of carbonyl (C=O) groups excluding carboxylic acids is 1. The fraction of sp³-hybridized carbons (Fsp3) is 0.917. The highest BCUT2D eigenvalue weighted by Gasteiger charge is 2.34. The molecule has 0 heterocycles. The predicted molar refractivity (Wildman–Crippen MR) is 52.4 cm³/mol. The summed E-state index contributed by atoms with van der Waals surface area (Å²) >= 11 is 0. The Bertz CT molecular complexity index is 210. The summed E-state index contributed by atoms with van der Waals surface area (Å²) in [4.78, 5) is 10.6. The minimum Gasteiger partial charge on any atom is -0.550 e. The van der Waals surface area contributed by atoms with E-state index in [4.69, 9.17) is 0 Å². The summed E-state index contributed by atoms with van der Waals surface area (Å²) in [6.45, 7) is 0. The minimum atomic E-state index is -0.846. The van der Waals surface area contributed by atoms with Crippen molar-refractivity contribution in [3.8, 4) is 0 Å². The molecule has 0 aromatic heterocycles. The van der Waals surface area contributed by atoms with E-state index in [2.05, 4.69) is 0 Å². The second-order valence-electron chi connectivity index (χ2n) is 4.98. The van der Waals surface area contributed by atoms with Crippen LogP contribution in [0.5, 0.6) is 0 Å². The van der Waals surface area contributed by atoms with Crippen molar-refractivity contribution in [1.82, 2.24) is 0 Å². The van der Waals surface area contributed by atoms with Crippen molar-refractivity contribution in [2.45, 2.75) is 51.4 Å². The van der Waals surface area contributed by atoms with Gasteiger partial charge in [-0.15, -0.1) is 0 Å². The highest BCUT2D eigenvalue weighted by atomic mass is 16.4. The van der Waals surface area contributed by atoms with Crippen molar-refractivity contribution in [1.29, 1.82) is 0 Å². The molecule has 2 fully saturated rings. The van der Waals surface area contributed by atoms with Crippen molar-refractivity contribution in [2.75, 3.05) is 0 Å². The average Bonchev–Trinajstić information content (AvgIpc) is 2.18. The Hall–Kier alpha value is -0.530. The molecule has 2 nitrogen and oxygen atoms in total. The Morgan fingerprint density at radius 1 is 1.07 bits per heavy atom. The van der Waals surface area contributed by atoms with E-state index >= 15 is 0 Å². The molecular weight excluding hydrogens is 176 g/mol. The highest BCUT2D eigenvalue weighted by Crippen LogP contribution is 2.44. The minimum absolute atomic E-state index is 0.307. The number of rotatable bonds is 2. The maximum absolute atomic E-state index is 10.6. The quantitative estimate of drug-likeness (QED) is 0.673. The van der Waals surface area contributed by atoms with Crippen LogP contribution in [0.4, 0.5) is 0 Å². The Morgan fingerprint density at radius 2 is 1.79 bits per heavy atom. The van der Waals surface area contributed by atoms with Gasteiger partial charge in [0.2, 0.25) is 0 Å².